The number of aromatic nitrogens is 2. The Morgan fingerprint density at radius 1 is 1.09 bits per heavy atom. The van der Waals surface area contributed by atoms with Gasteiger partial charge >= 0.3 is 6.18 Å². The molecule has 22 heavy (non-hydrogen) atoms. The van der Waals surface area contributed by atoms with Crippen LogP contribution >= 0.6 is 0 Å². The third-order valence-corrected chi connectivity index (χ3v) is 3.60. The first kappa shape index (κ1) is 14.4. The van der Waals surface area contributed by atoms with E-state index in [1.807, 2.05) is 23.6 Å². The molecule has 3 nitrogen and oxygen atoms in total. The molecule has 2 aromatic carbocycles. The Balaban J connectivity index is 2.16. The number of imidazole rings is 1. The van der Waals surface area contributed by atoms with Gasteiger partial charge in [0, 0.05) is 12.1 Å². The van der Waals surface area contributed by atoms with Crippen molar-refractivity contribution in [1.29, 1.82) is 0 Å². The minimum atomic E-state index is -4.34. The molecule has 3 aromatic rings. The second kappa shape index (κ2) is 5.05. The molecule has 1 heterocycles. The van der Waals surface area contributed by atoms with Crippen LogP contribution in [0, 0.1) is 0 Å². The second-order valence-corrected chi connectivity index (χ2v) is 4.97. The predicted octanol–water partition coefficient (Wildman–Crippen LogP) is 4.32. The number of benzene rings is 2. The lowest BCUT2D eigenvalue weighted by atomic mass is 10.1. The van der Waals surface area contributed by atoms with Gasteiger partial charge < -0.3 is 10.3 Å². The molecule has 1 aromatic heterocycles. The SMILES string of the molecule is CCn1c(-c2ccc(C(F)(F)F)cc2)nc2c(N)cccc21. The Kier molecular flexibility index (Phi) is 3.31. The first-order valence-corrected chi connectivity index (χ1v) is 6.84. The molecule has 0 aliphatic rings. The molecular formula is C16H14F3N3. The van der Waals surface area contributed by atoms with Crippen LogP contribution < -0.4 is 5.73 Å². The molecule has 0 saturated heterocycles. The molecule has 114 valence electrons. The molecular weight excluding hydrogens is 291 g/mol. The Morgan fingerprint density at radius 2 is 1.77 bits per heavy atom. The highest BCUT2D eigenvalue weighted by Gasteiger charge is 2.30. The maximum Gasteiger partial charge on any atom is 0.416 e. The van der Waals surface area contributed by atoms with Crippen LogP contribution in [-0.2, 0) is 12.7 Å². The van der Waals surface area contributed by atoms with Gasteiger partial charge in [0.2, 0.25) is 0 Å². The average molecular weight is 305 g/mol. The number of aryl methyl sites for hydroxylation is 1. The fraction of sp³-hybridized carbons (Fsp3) is 0.188. The average Bonchev–Trinajstić information content (AvgIpc) is 2.86. The van der Waals surface area contributed by atoms with Crippen molar-refractivity contribution in [3.63, 3.8) is 0 Å². The van der Waals surface area contributed by atoms with Crippen LogP contribution in [0.5, 0.6) is 0 Å². The Hall–Kier alpha value is -2.50. The molecule has 0 bridgehead atoms. The summed E-state index contributed by atoms with van der Waals surface area (Å²) < 4.78 is 39.9. The lowest BCUT2D eigenvalue weighted by Crippen LogP contribution is -2.04. The highest BCUT2D eigenvalue weighted by atomic mass is 19.4. The van der Waals surface area contributed by atoms with Crippen molar-refractivity contribution >= 4 is 16.7 Å². The van der Waals surface area contributed by atoms with Crippen molar-refractivity contribution in [3.8, 4) is 11.4 Å². The largest absolute Gasteiger partial charge is 0.416 e. The van der Waals surface area contributed by atoms with Crippen molar-refractivity contribution < 1.29 is 13.2 Å². The summed E-state index contributed by atoms with van der Waals surface area (Å²) >= 11 is 0. The van der Waals surface area contributed by atoms with E-state index in [-0.39, 0.29) is 0 Å². The molecule has 0 fully saturated rings. The molecule has 0 radical (unpaired) electrons. The minimum absolute atomic E-state index is 0.554. The quantitative estimate of drug-likeness (QED) is 0.716. The summed E-state index contributed by atoms with van der Waals surface area (Å²) in [6.07, 6.45) is -4.34. The van der Waals surface area contributed by atoms with Crippen molar-refractivity contribution in [2.24, 2.45) is 0 Å². The molecule has 0 amide bonds. The lowest BCUT2D eigenvalue weighted by Gasteiger charge is -2.09. The number of para-hydroxylation sites is 1. The summed E-state index contributed by atoms with van der Waals surface area (Å²) in [6.45, 7) is 2.61. The molecule has 2 N–H and O–H groups in total. The van der Waals surface area contributed by atoms with Gasteiger partial charge in [0.05, 0.1) is 16.8 Å². The molecule has 3 rings (SSSR count). The van der Waals surface area contributed by atoms with Crippen LogP contribution in [0.2, 0.25) is 0 Å². The predicted molar refractivity (Wildman–Crippen MR) is 80.3 cm³/mol. The van der Waals surface area contributed by atoms with Gasteiger partial charge in [-0.1, -0.05) is 18.2 Å². The minimum Gasteiger partial charge on any atom is -0.397 e. The van der Waals surface area contributed by atoms with E-state index >= 15 is 0 Å². The molecule has 6 heteroatoms. The van der Waals surface area contributed by atoms with Crippen molar-refractivity contribution in [2.45, 2.75) is 19.6 Å². The number of rotatable bonds is 2. The summed E-state index contributed by atoms with van der Waals surface area (Å²) in [5.74, 6) is 0.615. The van der Waals surface area contributed by atoms with Gasteiger partial charge in [0.25, 0.3) is 0 Å². The first-order chi connectivity index (χ1) is 10.4. The van der Waals surface area contributed by atoms with E-state index in [0.29, 0.717) is 29.1 Å². The number of hydrogen-bond donors (Lipinski definition) is 1. The van der Waals surface area contributed by atoms with Crippen LogP contribution in [0.1, 0.15) is 12.5 Å². The summed E-state index contributed by atoms with van der Waals surface area (Å²) in [5, 5.41) is 0. The Bertz CT molecular complexity index is 817. The normalized spacial score (nSPS) is 12.0. The third kappa shape index (κ3) is 2.30. The third-order valence-electron chi connectivity index (χ3n) is 3.60. The van der Waals surface area contributed by atoms with Crippen LogP contribution in [0.3, 0.4) is 0 Å². The summed E-state index contributed by atoms with van der Waals surface area (Å²) in [4.78, 5) is 4.50. The number of fused-ring (bicyclic) bond motifs is 1. The van der Waals surface area contributed by atoms with Gasteiger partial charge in [-0.25, -0.2) is 4.98 Å². The number of anilines is 1. The maximum atomic E-state index is 12.7. The molecule has 0 aliphatic carbocycles. The highest BCUT2D eigenvalue weighted by Crippen LogP contribution is 2.32. The number of nitrogens with zero attached hydrogens (tertiary/aromatic N) is 2. The number of alkyl halides is 3. The van der Waals surface area contributed by atoms with Crippen molar-refractivity contribution in [1.82, 2.24) is 9.55 Å². The van der Waals surface area contributed by atoms with Crippen LogP contribution in [-0.4, -0.2) is 9.55 Å². The number of nitrogens with two attached hydrogens (primary N) is 1. The molecule has 0 spiro atoms. The van der Waals surface area contributed by atoms with Gasteiger partial charge in [-0.3, -0.25) is 0 Å². The standard InChI is InChI=1S/C16H14F3N3/c1-2-22-13-5-3-4-12(20)14(13)21-15(22)10-6-8-11(9-7-10)16(17,18)19/h3-9H,2,20H2,1H3. The fourth-order valence-corrected chi connectivity index (χ4v) is 2.52. The summed E-state index contributed by atoms with van der Waals surface area (Å²) in [5.41, 5.74) is 7.98. The van der Waals surface area contributed by atoms with Gasteiger partial charge in [-0.15, -0.1) is 0 Å². The second-order valence-electron chi connectivity index (χ2n) is 4.97. The highest BCUT2D eigenvalue weighted by molar-refractivity contribution is 5.90. The van der Waals surface area contributed by atoms with Crippen LogP contribution in [0.4, 0.5) is 18.9 Å². The molecule has 0 aliphatic heterocycles. The van der Waals surface area contributed by atoms with Gasteiger partial charge in [-0.2, -0.15) is 13.2 Å². The van der Waals surface area contributed by atoms with Crippen molar-refractivity contribution in [3.05, 3.63) is 48.0 Å². The summed E-state index contributed by atoms with van der Waals surface area (Å²) in [7, 11) is 0. The van der Waals surface area contributed by atoms with E-state index in [0.717, 1.165) is 17.6 Å². The van der Waals surface area contributed by atoms with E-state index in [2.05, 4.69) is 4.98 Å². The van der Waals surface area contributed by atoms with E-state index < -0.39 is 11.7 Å². The molecule has 0 unspecified atom stereocenters. The first-order valence-electron chi connectivity index (χ1n) is 6.84. The Morgan fingerprint density at radius 3 is 2.36 bits per heavy atom. The topological polar surface area (TPSA) is 43.8 Å². The Labute approximate surface area is 125 Å². The zero-order valence-electron chi connectivity index (χ0n) is 11.9. The van der Waals surface area contributed by atoms with Gasteiger partial charge in [-0.05, 0) is 31.2 Å². The number of halogens is 3. The van der Waals surface area contributed by atoms with E-state index in [9.17, 15) is 13.2 Å². The fourth-order valence-electron chi connectivity index (χ4n) is 2.52. The van der Waals surface area contributed by atoms with Gasteiger partial charge in [0.1, 0.15) is 11.3 Å². The number of nitrogen functional groups attached to an aromatic ring is 1. The van der Waals surface area contributed by atoms with E-state index in [4.69, 9.17) is 5.73 Å². The zero-order valence-corrected chi connectivity index (χ0v) is 11.9. The monoisotopic (exact) mass is 305 g/mol. The van der Waals surface area contributed by atoms with E-state index in [1.54, 1.807) is 6.07 Å². The zero-order chi connectivity index (χ0) is 15.9. The van der Waals surface area contributed by atoms with Crippen LogP contribution in [0.25, 0.3) is 22.4 Å². The lowest BCUT2D eigenvalue weighted by molar-refractivity contribution is -0.137. The van der Waals surface area contributed by atoms with Crippen LogP contribution in [0.15, 0.2) is 42.5 Å². The maximum absolute atomic E-state index is 12.7. The molecule has 0 saturated carbocycles. The molecule has 0 atom stereocenters. The van der Waals surface area contributed by atoms with Gasteiger partial charge in [0.15, 0.2) is 0 Å². The summed E-state index contributed by atoms with van der Waals surface area (Å²) in [6, 6.07) is 10.5. The van der Waals surface area contributed by atoms with E-state index in [1.165, 1.54) is 12.1 Å². The van der Waals surface area contributed by atoms with Crippen molar-refractivity contribution in [2.75, 3.05) is 5.73 Å². The number of hydrogen-bond acceptors (Lipinski definition) is 2. The smallest absolute Gasteiger partial charge is 0.397 e.